The predicted octanol–water partition coefficient (Wildman–Crippen LogP) is 3.34. The van der Waals surface area contributed by atoms with Gasteiger partial charge in [-0.05, 0) is 31.2 Å². The molecule has 1 amide bonds. The number of carbonyl (C=O) groups excluding carboxylic acids is 1. The van der Waals surface area contributed by atoms with Crippen LogP contribution in [-0.2, 0) is 0 Å². The number of aryl methyl sites for hydroxylation is 1. The molecule has 1 aromatic heterocycles. The second-order valence-electron chi connectivity index (χ2n) is 4.79. The van der Waals surface area contributed by atoms with Gasteiger partial charge in [0.2, 0.25) is 0 Å². The Kier molecular flexibility index (Phi) is 3.06. The Labute approximate surface area is 117 Å². The fourth-order valence-corrected chi connectivity index (χ4v) is 2.45. The van der Waals surface area contributed by atoms with Crippen molar-refractivity contribution in [3.05, 3.63) is 66.1 Å². The molecule has 4 heteroatoms. The fourth-order valence-electron chi connectivity index (χ4n) is 2.45. The van der Waals surface area contributed by atoms with Gasteiger partial charge in [0.05, 0.1) is 5.56 Å². The zero-order valence-corrected chi connectivity index (χ0v) is 11.3. The van der Waals surface area contributed by atoms with Crippen molar-refractivity contribution in [1.29, 1.82) is 0 Å². The SMILES string of the molecule is C=CCN1C(=O)c2ccccc2NC1c1ccc(C)o1. The molecule has 1 aromatic carbocycles. The van der Waals surface area contributed by atoms with Crippen molar-refractivity contribution in [3.63, 3.8) is 0 Å². The van der Waals surface area contributed by atoms with E-state index in [0.717, 1.165) is 17.2 Å². The van der Waals surface area contributed by atoms with Crippen molar-refractivity contribution < 1.29 is 9.21 Å². The van der Waals surface area contributed by atoms with Gasteiger partial charge >= 0.3 is 0 Å². The van der Waals surface area contributed by atoms with Crippen LogP contribution >= 0.6 is 0 Å². The molecule has 1 atom stereocenters. The first-order valence-electron chi connectivity index (χ1n) is 6.54. The first-order chi connectivity index (χ1) is 9.70. The molecule has 1 aliphatic rings. The van der Waals surface area contributed by atoms with Gasteiger partial charge in [0.25, 0.3) is 5.91 Å². The molecule has 0 saturated carbocycles. The lowest BCUT2D eigenvalue weighted by Gasteiger charge is -2.36. The van der Waals surface area contributed by atoms with Gasteiger partial charge in [0.15, 0.2) is 6.17 Å². The van der Waals surface area contributed by atoms with Gasteiger partial charge in [0, 0.05) is 12.2 Å². The van der Waals surface area contributed by atoms with Crippen LogP contribution in [0.1, 0.15) is 28.0 Å². The summed E-state index contributed by atoms with van der Waals surface area (Å²) in [6.45, 7) is 6.08. The third-order valence-corrected chi connectivity index (χ3v) is 3.38. The summed E-state index contributed by atoms with van der Waals surface area (Å²) < 4.78 is 5.67. The van der Waals surface area contributed by atoms with Crippen molar-refractivity contribution in [2.45, 2.75) is 13.1 Å². The lowest BCUT2D eigenvalue weighted by atomic mass is 10.1. The van der Waals surface area contributed by atoms with E-state index >= 15 is 0 Å². The van der Waals surface area contributed by atoms with Gasteiger partial charge in [-0.25, -0.2) is 0 Å². The number of fused-ring (bicyclic) bond motifs is 1. The number of rotatable bonds is 3. The van der Waals surface area contributed by atoms with Crippen LogP contribution in [0.25, 0.3) is 0 Å². The van der Waals surface area contributed by atoms with Crippen molar-refractivity contribution in [3.8, 4) is 0 Å². The highest BCUT2D eigenvalue weighted by atomic mass is 16.3. The van der Waals surface area contributed by atoms with Crippen LogP contribution in [0.3, 0.4) is 0 Å². The number of furan rings is 1. The van der Waals surface area contributed by atoms with E-state index in [1.807, 2.05) is 43.3 Å². The Hall–Kier alpha value is -2.49. The number of carbonyl (C=O) groups is 1. The number of benzene rings is 1. The van der Waals surface area contributed by atoms with Crippen LogP contribution < -0.4 is 5.32 Å². The Balaban J connectivity index is 2.05. The summed E-state index contributed by atoms with van der Waals surface area (Å²) in [5.74, 6) is 1.54. The van der Waals surface area contributed by atoms with Crippen molar-refractivity contribution in [1.82, 2.24) is 4.90 Å². The summed E-state index contributed by atoms with van der Waals surface area (Å²) >= 11 is 0. The zero-order chi connectivity index (χ0) is 14.1. The van der Waals surface area contributed by atoms with Gasteiger partial charge in [-0.15, -0.1) is 6.58 Å². The highest BCUT2D eigenvalue weighted by molar-refractivity contribution is 6.01. The third kappa shape index (κ3) is 1.99. The van der Waals surface area contributed by atoms with E-state index < -0.39 is 0 Å². The van der Waals surface area contributed by atoms with Crippen LogP contribution in [0.15, 0.2) is 53.5 Å². The molecule has 0 fully saturated rings. The van der Waals surface area contributed by atoms with Gasteiger partial charge < -0.3 is 14.6 Å². The summed E-state index contributed by atoms with van der Waals surface area (Å²) in [4.78, 5) is 14.3. The fraction of sp³-hybridized carbons (Fsp3) is 0.188. The smallest absolute Gasteiger partial charge is 0.258 e. The number of hydrogen-bond donors (Lipinski definition) is 1. The zero-order valence-electron chi connectivity index (χ0n) is 11.3. The molecule has 0 spiro atoms. The minimum Gasteiger partial charge on any atom is -0.462 e. The van der Waals surface area contributed by atoms with Gasteiger partial charge in [-0.2, -0.15) is 0 Å². The number of hydrogen-bond acceptors (Lipinski definition) is 3. The molecule has 2 aromatic rings. The molecule has 4 nitrogen and oxygen atoms in total. The minimum atomic E-state index is -0.302. The largest absolute Gasteiger partial charge is 0.462 e. The average molecular weight is 268 g/mol. The maximum atomic E-state index is 12.6. The van der Waals surface area contributed by atoms with Crippen LogP contribution in [0.4, 0.5) is 5.69 Å². The van der Waals surface area contributed by atoms with E-state index in [2.05, 4.69) is 11.9 Å². The van der Waals surface area contributed by atoms with E-state index in [1.165, 1.54) is 0 Å². The predicted molar refractivity (Wildman–Crippen MR) is 77.5 cm³/mol. The summed E-state index contributed by atoms with van der Waals surface area (Å²) in [5.41, 5.74) is 1.51. The second kappa shape index (κ2) is 4.89. The average Bonchev–Trinajstić information content (AvgIpc) is 2.88. The molecular formula is C16H16N2O2. The summed E-state index contributed by atoms with van der Waals surface area (Å²) in [6, 6.07) is 11.3. The molecule has 1 unspecified atom stereocenters. The maximum Gasteiger partial charge on any atom is 0.258 e. The Morgan fingerprint density at radius 3 is 2.85 bits per heavy atom. The molecule has 3 rings (SSSR count). The number of nitrogens with one attached hydrogen (secondary N) is 1. The monoisotopic (exact) mass is 268 g/mol. The third-order valence-electron chi connectivity index (χ3n) is 3.38. The molecule has 1 aliphatic heterocycles. The van der Waals surface area contributed by atoms with Crippen molar-refractivity contribution in [2.24, 2.45) is 0 Å². The van der Waals surface area contributed by atoms with Gasteiger partial charge in [-0.3, -0.25) is 4.79 Å². The van der Waals surface area contributed by atoms with E-state index in [4.69, 9.17) is 4.42 Å². The minimum absolute atomic E-state index is 0.0155. The van der Waals surface area contributed by atoms with Crippen LogP contribution in [-0.4, -0.2) is 17.4 Å². The van der Waals surface area contributed by atoms with Gasteiger partial charge in [-0.1, -0.05) is 18.2 Å². The van der Waals surface area contributed by atoms with Crippen LogP contribution in [0.5, 0.6) is 0 Å². The van der Waals surface area contributed by atoms with Gasteiger partial charge in [0.1, 0.15) is 11.5 Å². The molecule has 102 valence electrons. The first-order valence-corrected chi connectivity index (χ1v) is 6.54. The van der Waals surface area contributed by atoms with E-state index in [1.54, 1.807) is 11.0 Å². The van der Waals surface area contributed by atoms with Crippen molar-refractivity contribution >= 4 is 11.6 Å². The standard InChI is InChI=1S/C16H16N2O2/c1-3-10-18-15(14-9-8-11(2)20-14)17-13-7-5-4-6-12(13)16(18)19/h3-9,15,17H,1,10H2,2H3. The second-order valence-corrected chi connectivity index (χ2v) is 4.79. The lowest BCUT2D eigenvalue weighted by molar-refractivity contribution is 0.0688. The molecule has 20 heavy (non-hydrogen) atoms. The number of anilines is 1. The highest BCUT2D eigenvalue weighted by Gasteiger charge is 2.33. The summed E-state index contributed by atoms with van der Waals surface area (Å²) in [5, 5.41) is 3.36. The first kappa shape index (κ1) is 12.5. The number of para-hydroxylation sites is 1. The molecular weight excluding hydrogens is 252 g/mol. The Morgan fingerprint density at radius 1 is 1.35 bits per heavy atom. The topological polar surface area (TPSA) is 45.5 Å². The quantitative estimate of drug-likeness (QED) is 0.868. The number of amides is 1. The highest BCUT2D eigenvalue weighted by Crippen LogP contribution is 2.33. The molecule has 0 aliphatic carbocycles. The molecule has 0 bridgehead atoms. The molecule has 0 radical (unpaired) electrons. The molecule has 0 saturated heterocycles. The van der Waals surface area contributed by atoms with Crippen LogP contribution in [0.2, 0.25) is 0 Å². The molecule has 1 N–H and O–H groups in total. The van der Waals surface area contributed by atoms with E-state index in [-0.39, 0.29) is 12.1 Å². The van der Waals surface area contributed by atoms with Crippen molar-refractivity contribution in [2.75, 3.05) is 11.9 Å². The maximum absolute atomic E-state index is 12.6. The summed E-state index contributed by atoms with van der Waals surface area (Å²) in [6.07, 6.45) is 1.42. The lowest BCUT2D eigenvalue weighted by Crippen LogP contribution is -2.42. The summed E-state index contributed by atoms with van der Waals surface area (Å²) in [7, 11) is 0. The normalized spacial score (nSPS) is 17.6. The Morgan fingerprint density at radius 2 is 2.15 bits per heavy atom. The Bertz CT molecular complexity index is 660. The van der Waals surface area contributed by atoms with E-state index in [0.29, 0.717) is 12.1 Å². The van der Waals surface area contributed by atoms with Crippen LogP contribution in [0, 0.1) is 6.92 Å². The molecule has 2 heterocycles. The number of nitrogens with zero attached hydrogens (tertiary/aromatic N) is 1. The van der Waals surface area contributed by atoms with E-state index in [9.17, 15) is 4.79 Å².